The van der Waals surface area contributed by atoms with Crippen LogP contribution in [0.25, 0.3) is 0 Å². The number of rotatable bonds is 8. The Bertz CT molecular complexity index is 804. The molecule has 2 aromatic rings. The molecule has 1 aliphatic heterocycles. The standard InChI is InChI=1S/C23H28N2O3/c1-25(17-19-6-4-3-5-7-19)22(27)13-15-23(14-12-21(26)24-23)16-18-8-10-20(28-2)11-9-18/h3-11H,12-17H2,1-2H3,(H,24,26)/t23-/m0/s1. The number of carbonyl (C=O) groups is 2. The van der Waals surface area contributed by atoms with E-state index in [1.807, 2.05) is 61.6 Å². The number of nitrogens with one attached hydrogen (secondary N) is 1. The van der Waals surface area contributed by atoms with Crippen molar-refractivity contribution >= 4 is 11.8 Å². The van der Waals surface area contributed by atoms with E-state index >= 15 is 0 Å². The first-order valence-corrected chi connectivity index (χ1v) is 9.71. The Morgan fingerprint density at radius 2 is 1.82 bits per heavy atom. The van der Waals surface area contributed by atoms with Crippen LogP contribution in [-0.4, -0.2) is 36.4 Å². The summed E-state index contributed by atoms with van der Waals surface area (Å²) in [6, 6.07) is 17.9. The second-order valence-corrected chi connectivity index (χ2v) is 7.59. The van der Waals surface area contributed by atoms with Gasteiger partial charge in [-0.3, -0.25) is 9.59 Å². The summed E-state index contributed by atoms with van der Waals surface area (Å²) in [6.45, 7) is 0.595. The molecule has 1 N–H and O–H groups in total. The van der Waals surface area contributed by atoms with Crippen LogP contribution in [0.3, 0.4) is 0 Å². The van der Waals surface area contributed by atoms with Crippen molar-refractivity contribution in [1.29, 1.82) is 0 Å². The lowest BCUT2D eigenvalue weighted by Crippen LogP contribution is -2.44. The molecule has 2 amide bonds. The largest absolute Gasteiger partial charge is 0.497 e. The minimum absolute atomic E-state index is 0.0681. The van der Waals surface area contributed by atoms with Gasteiger partial charge in [-0.05, 0) is 42.5 Å². The second-order valence-electron chi connectivity index (χ2n) is 7.59. The third kappa shape index (κ3) is 5.12. The van der Waals surface area contributed by atoms with Gasteiger partial charge in [-0.2, -0.15) is 0 Å². The Morgan fingerprint density at radius 3 is 2.43 bits per heavy atom. The van der Waals surface area contributed by atoms with E-state index in [1.54, 1.807) is 12.0 Å². The summed E-state index contributed by atoms with van der Waals surface area (Å²) in [7, 11) is 3.48. The number of benzene rings is 2. The van der Waals surface area contributed by atoms with Gasteiger partial charge in [-0.25, -0.2) is 0 Å². The predicted molar refractivity (Wildman–Crippen MR) is 109 cm³/mol. The summed E-state index contributed by atoms with van der Waals surface area (Å²) >= 11 is 0. The molecule has 1 fully saturated rings. The van der Waals surface area contributed by atoms with Crippen LogP contribution in [0.15, 0.2) is 54.6 Å². The van der Waals surface area contributed by atoms with Crippen LogP contribution in [0.4, 0.5) is 0 Å². The van der Waals surface area contributed by atoms with Crippen LogP contribution >= 0.6 is 0 Å². The van der Waals surface area contributed by atoms with Crippen molar-refractivity contribution < 1.29 is 14.3 Å². The quantitative estimate of drug-likeness (QED) is 0.764. The number of hydrogen-bond acceptors (Lipinski definition) is 3. The maximum atomic E-state index is 12.7. The monoisotopic (exact) mass is 380 g/mol. The minimum Gasteiger partial charge on any atom is -0.497 e. The average Bonchev–Trinajstić information content (AvgIpc) is 3.08. The first-order valence-electron chi connectivity index (χ1n) is 9.71. The molecule has 0 radical (unpaired) electrons. The highest BCUT2D eigenvalue weighted by Crippen LogP contribution is 2.30. The molecule has 1 aliphatic rings. The molecule has 148 valence electrons. The summed E-state index contributed by atoms with van der Waals surface area (Å²) < 4.78 is 5.22. The van der Waals surface area contributed by atoms with Crippen molar-refractivity contribution in [3.8, 4) is 5.75 Å². The summed E-state index contributed by atoms with van der Waals surface area (Å²) in [4.78, 5) is 26.4. The Labute approximate surface area is 166 Å². The van der Waals surface area contributed by atoms with Gasteiger partial charge < -0.3 is 15.0 Å². The van der Waals surface area contributed by atoms with Crippen LogP contribution < -0.4 is 10.1 Å². The first kappa shape index (κ1) is 19.9. The fraction of sp³-hybridized carbons (Fsp3) is 0.391. The topological polar surface area (TPSA) is 58.6 Å². The highest BCUT2D eigenvalue weighted by Gasteiger charge is 2.38. The van der Waals surface area contributed by atoms with Gasteiger partial charge in [0.1, 0.15) is 5.75 Å². The molecule has 1 atom stereocenters. The van der Waals surface area contributed by atoms with Crippen molar-refractivity contribution in [3.63, 3.8) is 0 Å². The summed E-state index contributed by atoms with van der Waals surface area (Å²) in [5.74, 6) is 0.976. The highest BCUT2D eigenvalue weighted by molar-refractivity contribution is 5.80. The molecule has 5 heteroatoms. The normalized spacial score (nSPS) is 18.6. The summed E-state index contributed by atoms with van der Waals surface area (Å²) in [5, 5.41) is 3.15. The van der Waals surface area contributed by atoms with Crippen molar-refractivity contribution in [1.82, 2.24) is 10.2 Å². The van der Waals surface area contributed by atoms with Crippen LogP contribution in [0.2, 0.25) is 0 Å². The summed E-state index contributed by atoms with van der Waals surface area (Å²) in [5.41, 5.74) is 1.89. The van der Waals surface area contributed by atoms with E-state index in [4.69, 9.17) is 4.74 Å². The van der Waals surface area contributed by atoms with Gasteiger partial charge in [0.05, 0.1) is 7.11 Å². The van der Waals surface area contributed by atoms with Gasteiger partial charge in [-0.15, -0.1) is 0 Å². The maximum Gasteiger partial charge on any atom is 0.222 e. The highest BCUT2D eigenvalue weighted by atomic mass is 16.5. The van der Waals surface area contributed by atoms with Gasteiger partial charge in [0.25, 0.3) is 0 Å². The second kappa shape index (κ2) is 8.91. The van der Waals surface area contributed by atoms with Gasteiger partial charge in [-0.1, -0.05) is 42.5 Å². The number of hydrogen-bond donors (Lipinski definition) is 1. The van der Waals surface area contributed by atoms with Crippen LogP contribution in [0.5, 0.6) is 5.75 Å². The Hall–Kier alpha value is -2.82. The van der Waals surface area contributed by atoms with Crippen LogP contribution in [0, 0.1) is 0 Å². The van der Waals surface area contributed by atoms with Gasteiger partial charge in [0.2, 0.25) is 11.8 Å². The lowest BCUT2D eigenvalue weighted by atomic mass is 9.85. The fourth-order valence-electron chi connectivity index (χ4n) is 3.80. The van der Waals surface area contributed by atoms with E-state index in [9.17, 15) is 9.59 Å². The molecule has 28 heavy (non-hydrogen) atoms. The van der Waals surface area contributed by atoms with E-state index in [2.05, 4.69) is 5.32 Å². The zero-order valence-electron chi connectivity index (χ0n) is 16.6. The van der Waals surface area contributed by atoms with Gasteiger partial charge in [0, 0.05) is 32.0 Å². The zero-order chi connectivity index (χ0) is 20.0. The van der Waals surface area contributed by atoms with Crippen molar-refractivity contribution in [3.05, 3.63) is 65.7 Å². The van der Waals surface area contributed by atoms with E-state index in [-0.39, 0.29) is 17.4 Å². The molecule has 0 aliphatic carbocycles. The molecule has 3 rings (SSSR count). The van der Waals surface area contributed by atoms with E-state index in [0.717, 1.165) is 29.7 Å². The SMILES string of the molecule is COc1ccc(C[C@@]2(CCC(=O)N(C)Cc3ccccc3)CCC(=O)N2)cc1. The molecular formula is C23H28N2O3. The molecule has 0 bridgehead atoms. The maximum absolute atomic E-state index is 12.7. The molecule has 0 aromatic heterocycles. The van der Waals surface area contributed by atoms with Crippen molar-refractivity contribution in [2.75, 3.05) is 14.2 Å². The number of carbonyl (C=O) groups excluding carboxylic acids is 2. The summed E-state index contributed by atoms with van der Waals surface area (Å²) in [6.07, 6.45) is 3.05. The van der Waals surface area contributed by atoms with Crippen molar-refractivity contribution in [2.24, 2.45) is 0 Å². The van der Waals surface area contributed by atoms with Crippen molar-refractivity contribution in [2.45, 2.75) is 44.2 Å². The number of amides is 2. The Balaban J connectivity index is 1.62. The molecule has 5 nitrogen and oxygen atoms in total. The molecule has 0 unspecified atom stereocenters. The lowest BCUT2D eigenvalue weighted by Gasteiger charge is -2.30. The predicted octanol–water partition coefficient (Wildman–Crippen LogP) is 3.33. The molecule has 1 saturated heterocycles. The lowest BCUT2D eigenvalue weighted by molar-refractivity contribution is -0.131. The molecular weight excluding hydrogens is 352 g/mol. The molecule has 1 heterocycles. The van der Waals surface area contributed by atoms with Crippen LogP contribution in [-0.2, 0) is 22.6 Å². The molecule has 0 spiro atoms. The number of methoxy groups -OCH3 is 1. The zero-order valence-corrected chi connectivity index (χ0v) is 16.6. The number of ether oxygens (including phenoxy) is 1. The van der Waals surface area contributed by atoms with Gasteiger partial charge >= 0.3 is 0 Å². The Kier molecular flexibility index (Phi) is 6.34. The smallest absolute Gasteiger partial charge is 0.222 e. The van der Waals surface area contributed by atoms with Crippen LogP contribution in [0.1, 0.15) is 36.8 Å². The third-order valence-corrected chi connectivity index (χ3v) is 5.44. The third-order valence-electron chi connectivity index (χ3n) is 5.44. The molecule has 2 aromatic carbocycles. The fourth-order valence-corrected chi connectivity index (χ4v) is 3.80. The van der Waals surface area contributed by atoms with E-state index < -0.39 is 0 Å². The van der Waals surface area contributed by atoms with E-state index in [0.29, 0.717) is 25.8 Å². The van der Waals surface area contributed by atoms with E-state index in [1.165, 1.54) is 0 Å². The first-order chi connectivity index (χ1) is 13.5. The Morgan fingerprint density at radius 1 is 1.11 bits per heavy atom. The van der Waals surface area contributed by atoms with Gasteiger partial charge in [0.15, 0.2) is 0 Å². The molecule has 0 saturated carbocycles. The average molecular weight is 380 g/mol. The number of nitrogens with zero attached hydrogens (tertiary/aromatic N) is 1. The minimum atomic E-state index is -0.352.